The molecule has 0 aliphatic heterocycles. The molecule has 0 unspecified atom stereocenters. The van der Waals surface area contributed by atoms with Gasteiger partial charge in [0.1, 0.15) is 5.75 Å². The molecule has 7 heteroatoms. The molecule has 0 spiro atoms. The van der Waals surface area contributed by atoms with Gasteiger partial charge < -0.3 is 14.6 Å². The van der Waals surface area contributed by atoms with Crippen molar-refractivity contribution < 1.29 is 22.7 Å². The van der Waals surface area contributed by atoms with E-state index in [9.17, 15) is 18.0 Å². The van der Waals surface area contributed by atoms with Gasteiger partial charge in [0.05, 0.1) is 0 Å². The number of amides is 1. The minimum Gasteiger partial charge on any atom is -0.405 e. The number of hydrogen-bond acceptors (Lipinski definition) is 2. The molecule has 0 aliphatic rings. The number of H-pyrrole nitrogens is 1. The summed E-state index contributed by atoms with van der Waals surface area (Å²) in [6, 6.07) is 13.8. The molecule has 0 radical (unpaired) electrons. The maximum atomic E-state index is 12.5. The molecule has 0 atom stereocenters. The van der Waals surface area contributed by atoms with E-state index in [1.807, 2.05) is 30.5 Å². The summed E-state index contributed by atoms with van der Waals surface area (Å²) in [5, 5.41) is 1.14. The number of nitrogens with one attached hydrogen (secondary N) is 1. The van der Waals surface area contributed by atoms with Gasteiger partial charge in [-0.25, -0.2) is 0 Å². The lowest BCUT2D eigenvalue weighted by Gasteiger charge is -2.20. The van der Waals surface area contributed by atoms with Crippen LogP contribution in [0.1, 0.15) is 24.0 Å². The lowest BCUT2D eigenvalue weighted by atomic mass is 10.1. The largest absolute Gasteiger partial charge is 0.573 e. The molecule has 1 N–H and O–H groups in total. The molecule has 0 saturated heterocycles. The summed E-state index contributed by atoms with van der Waals surface area (Å²) >= 11 is 0. The number of para-hydroxylation sites is 2. The van der Waals surface area contributed by atoms with Crippen molar-refractivity contribution in [3.63, 3.8) is 0 Å². The van der Waals surface area contributed by atoms with Gasteiger partial charge in [-0.2, -0.15) is 0 Å². The van der Waals surface area contributed by atoms with Gasteiger partial charge in [-0.05, 0) is 30.5 Å². The van der Waals surface area contributed by atoms with Gasteiger partial charge in [0.15, 0.2) is 0 Å². The van der Waals surface area contributed by atoms with Crippen molar-refractivity contribution in [3.05, 3.63) is 65.9 Å². The number of rotatable bonds is 7. The number of alkyl halides is 3. The second-order valence-corrected chi connectivity index (χ2v) is 6.62. The molecule has 0 fully saturated rings. The Morgan fingerprint density at radius 1 is 1.07 bits per heavy atom. The van der Waals surface area contributed by atoms with Crippen LogP contribution in [0.25, 0.3) is 10.9 Å². The molecule has 28 heavy (non-hydrogen) atoms. The monoisotopic (exact) mass is 390 g/mol. The summed E-state index contributed by atoms with van der Waals surface area (Å²) in [4.78, 5) is 17.0. The van der Waals surface area contributed by atoms with E-state index < -0.39 is 6.36 Å². The molecule has 0 bridgehead atoms. The summed E-state index contributed by atoms with van der Waals surface area (Å²) in [6.07, 6.45) is -1.09. The van der Waals surface area contributed by atoms with E-state index in [1.54, 1.807) is 13.1 Å². The Morgan fingerprint density at radius 2 is 1.79 bits per heavy atom. The number of ether oxygens (including phenoxy) is 1. The van der Waals surface area contributed by atoms with Crippen LogP contribution in [-0.4, -0.2) is 29.2 Å². The van der Waals surface area contributed by atoms with E-state index in [4.69, 9.17) is 0 Å². The molecule has 1 heterocycles. The minimum absolute atomic E-state index is 0.0537. The number of nitrogens with zero attached hydrogens (tertiary/aromatic N) is 1. The van der Waals surface area contributed by atoms with Gasteiger partial charge in [-0.3, -0.25) is 4.79 Å². The second-order valence-electron chi connectivity index (χ2n) is 6.62. The van der Waals surface area contributed by atoms with Crippen molar-refractivity contribution in [2.24, 2.45) is 0 Å². The van der Waals surface area contributed by atoms with Gasteiger partial charge in [0, 0.05) is 42.7 Å². The Balaban J connectivity index is 1.55. The van der Waals surface area contributed by atoms with E-state index in [0.717, 1.165) is 22.9 Å². The third kappa shape index (κ3) is 5.06. The molecule has 2 aromatic carbocycles. The number of carbonyl (C=O) groups is 1. The van der Waals surface area contributed by atoms with Gasteiger partial charge >= 0.3 is 6.36 Å². The van der Waals surface area contributed by atoms with E-state index in [-0.39, 0.29) is 18.2 Å². The zero-order valence-corrected chi connectivity index (χ0v) is 15.4. The number of halogens is 3. The smallest absolute Gasteiger partial charge is 0.405 e. The van der Waals surface area contributed by atoms with Crippen LogP contribution >= 0.6 is 0 Å². The van der Waals surface area contributed by atoms with E-state index >= 15 is 0 Å². The normalized spacial score (nSPS) is 11.6. The fourth-order valence-electron chi connectivity index (χ4n) is 3.16. The van der Waals surface area contributed by atoms with Crippen molar-refractivity contribution in [1.29, 1.82) is 0 Å². The number of benzene rings is 2. The molecule has 148 valence electrons. The zero-order valence-electron chi connectivity index (χ0n) is 15.4. The maximum Gasteiger partial charge on any atom is 0.573 e. The standard InChI is InChI=1S/C21H21F3N2O2/c1-26(14-16-7-2-5-11-19(16)28-21(22,23)24)20(27)12-6-8-15-13-25-18-10-4-3-9-17(15)18/h2-5,7,9-11,13,25H,6,8,12,14H2,1H3. The predicted molar refractivity (Wildman–Crippen MR) is 101 cm³/mol. The first-order valence-corrected chi connectivity index (χ1v) is 8.96. The molecular formula is C21H21F3N2O2. The van der Waals surface area contributed by atoms with Crippen LogP contribution in [0.3, 0.4) is 0 Å². The van der Waals surface area contributed by atoms with E-state index in [1.165, 1.54) is 23.1 Å². The average molecular weight is 390 g/mol. The minimum atomic E-state index is -4.77. The summed E-state index contributed by atoms with van der Waals surface area (Å²) in [5.74, 6) is -0.407. The third-order valence-electron chi connectivity index (χ3n) is 4.54. The predicted octanol–water partition coefficient (Wildman–Crippen LogP) is 5.05. The Kier molecular flexibility index (Phi) is 5.92. The van der Waals surface area contributed by atoms with Crippen molar-refractivity contribution in [2.75, 3.05) is 7.05 Å². The van der Waals surface area contributed by atoms with Gasteiger partial charge in [-0.15, -0.1) is 13.2 Å². The first-order valence-electron chi connectivity index (χ1n) is 8.96. The molecule has 3 aromatic rings. The van der Waals surface area contributed by atoms with E-state index in [2.05, 4.69) is 9.72 Å². The fourth-order valence-corrected chi connectivity index (χ4v) is 3.16. The molecule has 3 rings (SSSR count). The molecule has 1 amide bonds. The van der Waals surface area contributed by atoms with Gasteiger partial charge in [0.2, 0.25) is 5.91 Å². The second kappa shape index (κ2) is 8.37. The number of carbonyl (C=O) groups excluding carboxylic acids is 1. The number of aryl methyl sites for hydroxylation is 1. The van der Waals surface area contributed by atoms with Crippen molar-refractivity contribution >= 4 is 16.8 Å². The maximum absolute atomic E-state index is 12.5. The Morgan fingerprint density at radius 3 is 2.57 bits per heavy atom. The summed E-state index contributed by atoms with van der Waals surface area (Å²) < 4.78 is 41.6. The average Bonchev–Trinajstić information content (AvgIpc) is 3.05. The highest BCUT2D eigenvalue weighted by molar-refractivity contribution is 5.83. The van der Waals surface area contributed by atoms with Crippen LogP contribution < -0.4 is 4.74 Å². The number of fused-ring (bicyclic) bond motifs is 1. The third-order valence-corrected chi connectivity index (χ3v) is 4.54. The Labute approximate surface area is 160 Å². The van der Waals surface area contributed by atoms with E-state index in [0.29, 0.717) is 18.4 Å². The van der Waals surface area contributed by atoms with Crippen LogP contribution in [0.15, 0.2) is 54.7 Å². The fraction of sp³-hybridized carbons (Fsp3) is 0.286. The van der Waals surface area contributed by atoms with Crippen molar-refractivity contribution in [1.82, 2.24) is 9.88 Å². The van der Waals surface area contributed by atoms with Gasteiger partial charge in [-0.1, -0.05) is 36.4 Å². The Bertz CT molecular complexity index is 950. The van der Waals surface area contributed by atoms with Crippen molar-refractivity contribution in [3.8, 4) is 5.75 Å². The number of aromatic nitrogens is 1. The highest BCUT2D eigenvalue weighted by Crippen LogP contribution is 2.27. The topological polar surface area (TPSA) is 45.3 Å². The quantitative estimate of drug-likeness (QED) is 0.614. The van der Waals surface area contributed by atoms with Crippen LogP contribution in [0.4, 0.5) is 13.2 Å². The molecular weight excluding hydrogens is 369 g/mol. The van der Waals surface area contributed by atoms with Crippen LogP contribution in [0.2, 0.25) is 0 Å². The number of aromatic amines is 1. The lowest BCUT2D eigenvalue weighted by Crippen LogP contribution is -2.27. The first-order chi connectivity index (χ1) is 13.3. The highest BCUT2D eigenvalue weighted by Gasteiger charge is 2.32. The summed E-state index contributed by atoms with van der Waals surface area (Å²) in [5.41, 5.74) is 2.52. The number of hydrogen-bond donors (Lipinski definition) is 1. The summed E-state index contributed by atoms with van der Waals surface area (Å²) in [6.45, 7) is 0.0537. The molecule has 0 aliphatic carbocycles. The molecule has 4 nitrogen and oxygen atoms in total. The van der Waals surface area contributed by atoms with Crippen LogP contribution in [-0.2, 0) is 17.8 Å². The molecule has 0 saturated carbocycles. The SMILES string of the molecule is CN(Cc1ccccc1OC(F)(F)F)C(=O)CCCc1c[nH]c2ccccc12. The summed E-state index contributed by atoms with van der Waals surface area (Å²) in [7, 11) is 1.58. The Hall–Kier alpha value is -2.96. The van der Waals surface area contributed by atoms with Crippen LogP contribution in [0.5, 0.6) is 5.75 Å². The van der Waals surface area contributed by atoms with Crippen LogP contribution in [0, 0.1) is 0 Å². The van der Waals surface area contributed by atoms with Crippen molar-refractivity contribution in [2.45, 2.75) is 32.2 Å². The zero-order chi connectivity index (χ0) is 20.1. The highest BCUT2D eigenvalue weighted by atomic mass is 19.4. The first kappa shape index (κ1) is 19.8. The molecule has 1 aromatic heterocycles. The lowest BCUT2D eigenvalue weighted by molar-refractivity contribution is -0.275. The van der Waals surface area contributed by atoms with Gasteiger partial charge in [0.25, 0.3) is 0 Å².